The highest BCUT2D eigenvalue weighted by atomic mass is 32.2. The Morgan fingerprint density at radius 2 is 2.00 bits per heavy atom. The lowest BCUT2D eigenvalue weighted by Gasteiger charge is -2.02. The van der Waals surface area contributed by atoms with E-state index in [-0.39, 0.29) is 5.91 Å². The number of aromatic nitrogens is 1. The van der Waals surface area contributed by atoms with E-state index >= 15 is 0 Å². The van der Waals surface area contributed by atoms with E-state index in [4.69, 9.17) is 0 Å². The second kappa shape index (κ2) is 8.55. The standard InChI is InChI=1S/C18H18N2OS3/c1-22-14-9-10-15-16(12-14)24-18(19-15)20-17(21)8-5-11-23-13-6-3-2-4-7-13/h2-4,6-7,9-10,12H,5,8,11H2,1H3,(H,19,20,21). The molecule has 3 rings (SSSR count). The fraction of sp³-hybridized carbons (Fsp3) is 0.222. The Bertz CT molecular complexity index is 818. The van der Waals surface area contributed by atoms with E-state index in [1.807, 2.05) is 24.3 Å². The minimum absolute atomic E-state index is 0.0350. The Morgan fingerprint density at radius 3 is 2.79 bits per heavy atom. The smallest absolute Gasteiger partial charge is 0.226 e. The van der Waals surface area contributed by atoms with Crippen LogP contribution >= 0.6 is 34.9 Å². The number of rotatable bonds is 7. The average molecular weight is 375 g/mol. The molecule has 0 radical (unpaired) electrons. The Balaban J connectivity index is 1.48. The van der Waals surface area contributed by atoms with Crippen molar-refractivity contribution in [3.63, 3.8) is 0 Å². The number of fused-ring (bicyclic) bond motifs is 1. The minimum atomic E-state index is 0.0350. The van der Waals surface area contributed by atoms with Crippen molar-refractivity contribution < 1.29 is 4.79 Å². The van der Waals surface area contributed by atoms with Crippen molar-refractivity contribution in [3.8, 4) is 0 Å². The fourth-order valence-electron chi connectivity index (χ4n) is 2.21. The maximum absolute atomic E-state index is 12.1. The van der Waals surface area contributed by atoms with Crippen molar-refractivity contribution in [2.24, 2.45) is 0 Å². The van der Waals surface area contributed by atoms with E-state index < -0.39 is 0 Å². The van der Waals surface area contributed by atoms with Crippen molar-refractivity contribution in [2.75, 3.05) is 17.3 Å². The fourth-order valence-corrected chi connectivity index (χ4v) is 4.52. The molecule has 0 aliphatic heterocycles. The number of hydrogen-bond donors (Lipinski definition) is 1. The lowest BCUT2D eigenvalue weighted by atomic mass is 10.3. The van der Waals surface area contributed by atoms with Crippen LogP contribution in [0.4, 0.5) is 5.13 Å². The third-order valence-corrected chi connectivity index (χ3v) is 6.16. The number of carbonyl (C=O) groups is 1. The van der Waals surface area contributed by atoms with Gasteiger partial charge in [-0.2, -0.15) is 0 Å². The molecule has 124 valence electrons. The number of nitrogens with one attached hydrogen (secondary N) is 1. The molecule has 3 aromatic rings. The number of nitrogens with zero attached hydrogens (tertiary/aromatic N) is 1. The molecule has 3 nitrogen and oxygen atoms in total. The molecular formula is C18H18N2OS3. The van der Waals surface area contributed by atoms with Gasteiger partial charge in [-0.3, -0.25) is 4.79 Å². The molecule has 24 heavy (non-hydrogen) atoms. The van der Waals surface area contributed by atoms with Crippen molar-refractivity contribution in [2.45, 2.75) is 22.6 Å². The first-order chi connectivity index (χ1) is 11.7. The van der Waals surface area contributed by atoms with Gasteiger partial charge in [0.2, 0.25) is 5.91 Å². The van der Waals surface area contributed by atoms with Crippen molar-refractivity contribution in [3.05, 3.63) is 48.5 Å². The topological polar surface area (TPSA) is 42.0 Å². The summed E-state index contributed by atoms with van der Waals surface area (Å²) in [5.41, 5.74) is 0.938. The summed E-state index contributed by atoms with van der Waals surface area (Å²) in [6.07, 6.45) is 3.43. The number of anilines is 1. The molecule has 1 aromatic heterocycles. The molecule has 1 amide bonds. The summed E-state index contributed by atoms with van der Waals surface area (Å²) in [5.74, 6) is 0.974. The average Bonchev–Trinajstić information content (AvgIpc) is 3.00. The first kappa shape index (κ1) is 17.3. The monoisotopic (exact) mass is 374 g/mol. The van der Waals surface area contributed by atoms with Crippen LogP contribution in [-0.2, 0) is 4.79 Å². The largest absolute Gasteiger partial charge is 0.302 e. The van der Waals surface area contributed by atoms with Crippen LogP contribution in [0.1, 0.15) is 12.8 Å². The van der Waals surface area contributed by atoms with E-state index in [1.54, 1.807) is 23.5 Å². The number of amides is 1. The van der Waals surface area contributed by atoms with E-state index in [2.05, 4.69) is 40.8 Å². The molecule has 6 heteroatoms. The van der Waals surface area contributed by atoms with Gasteiger partial charge in [0.05, 0.1) is 10.2 Å². The molecule has 0 unspecified atom stereocenters. The van der Waals surface area contributed by atoms with Crippen LogP contribution < -0.4 is 5.32 Å². The van der Waals surface area contributed by atoms with Crippen LogP contribution in [0.2, 0.25) is 0 Å². The number of carbonyl (C=O) groups excluding carboxylic acids is 1. The summed E-state index contributed by atoms with van der Waals surface area (Å²) in [4.78, 5) is 19.0. The Kier molecular flexibility index (Phi) is 6.18. The molecule has 2 aromatic carbocycles. The van der Waals surface area contributed by atoms with Crippen molar-refractivity contribution in [1.82, 2.24) is 4.98 Å². The summed E-state index contributed by atoms with van der Waals surface area (Å²) in [5, 5.41) is 3.60. The van der Waals surface area contributed by atoms with Gasteiger partial charge in [0.25, 0.3) is 0 Å². The highest BCUT2D eigenvalue weighted by Gasteiger charge is 2.08. The highest BCUT2D eigenvalue weighted by Crippen LogP contribution is 2.29. The zero-order valence-corrected chi connectivity index (χ0v) is 15.8. The van der Waals surface area contributed by atoms with Gasteiger partial charge >= 0.3 is 0 Å². The molecule has 0 atom stereocenters. The predicted octanol–water partition coefficient (Wildman–Crippen LogP) is 5.53. The summed E-state index contributed by atoms with van der Waals surface area (Å²) < 4.78 is 1.11. The first-order valence-corrected chi connectivity index (χ1v) is 10.7. The lowest BCUT2D eigenvalue weighted by Crippen LogP contribution is -2.11. The molecule has 0 spiro atoms. The molecule has 0 bridgehead atoms. The number of hydrogen-bond acceptors (Lipinski definition) is 5. The predicted molar refractivity (Wildman–Crippen MR) is 106 cm³/mol. The third kappa shape index (κ3) is 4.75. The molecule has 0 aliphatic carbocycles. The molecular weight excluding hydrogens is 356 g/mol. The number of thioether (sulfide) groups is 2. The molecule has 0 fully saturated rings. The van der Waals surface area contributed by atoms with Gasteiger partial charge in [-0.1, -0.05) is 29.5 Å². The number of thiazole rings is 1. The minimum Gasteiger partial charge on any atom is -0.302 e. The van der Waals surface area contributed by atoms with Gasteiger partial charge in [0.15, 0.2) is 5.13 Å². The normalized spacial score (nSPS) is 10.9. The lowest BCUT2D eigenvalue weighted by molar-refractivity contribution is -0.116. The van der Waals surface area contributed by atoms with Crippen LogP contribution in [0.3, 0.4) is 0 Å². The third-order valence-electron chi connectivity index (χ3n) is 3.40. The van der Waals surface area contributed by atoms with Crippen LogP contribution in [-0.4, -0.2) is 22.9 Å². The van der Waals surface area contributed by atoms with Gasteiger partial charge in [0, 0.05) is 16.2 Å². The second-order valence-electron chi connectivity index (χ2n) is 5.17. The van der Waals surface area contributed by atoms with Gasteiger partial charge in [-0.05, 0) is 48.8 Å². The SMILES string of the molecule is CSc1ccc2nc(NC(=O)CCCSc3ccccc3)sc2c1. The molecule has 1 N–H and O–H groups in total. The highest BCUT2D eigenvalue weighted by molar-refractivity contribution is 7.99. The summed E-state index contributed by atoms with van der Waals surface area (Å²) in [7, 11) is 0. The van der Waals surface area contributed by atoms with E-state index in [0.29, 0.717) is 11.6 Å². The van der Waals surface area contributed by atoms with Gasteiger partial charge in [-0.15, -0.1) is 23.5 Å². The van der Waals surface area contributed by atoms with Crippen LogP contribution in [0.25, 0.3) is 10.2 Å². The molecule has 0 saturated heterocycles. The van der Waals surface area contributed by atoms with Gasteiger partial charge in [-0.25, -0.2) is 4.98 Å². The maximum atomic E-state index is 12.1. The van der Waals surface area contributed by atoms with E-state index in [9.17, 15) is 4.79 Å². The molecule has 1 heterocycles. The summed E-state index contributed by atoms with van der Waals surface area (Å²) >= 11 is 5.02. The van der Waals surface area contributed by atoms with E-state index in [0.717, 1.165) is 22.4 Å². The molecule has 0 aliphatic rings. The Hall–Kier alpha value is -1.50. The zero-order valence-electron chi connectivity index (χ0n) is 13.3. The zero-order chi connectivity index (χ0) is 16.8. The second-order valence-corrected chi connectivity index (χ2v) is 8.24. The van der Waals surface area contributed by atoms with Crippen LogP contribution in [0, 0.1) is 0 Å². The molecule has 0 saturated carbocycles. The Morgan fingerprint density at radius 1 is 1.17 bits per heavy atom. The maximum Gasteiger partial charge on any atom is 0.226 e. The van der Waals surface area contributed by atoms with Gasteiger partial charge in [0.1, 0.15) is 0 Å². The Labute approximate surface area is 154 Å². The number of benzene rings is 2. The van der Waals surface area contributed by atoms with Crippen molar-refractivity contribution >= 4 is 56.1 Å². The first-order valence-electron chi connectivity index (χ1n) is 7.67. The summed E-state index contributed by atoms with van der Waals surface area (Å²) in [6, 6.07) is 16.4. The van der Waals surface area contributed by atoms with Crippen molar-refractivity contribution in [1.29, 1.82) is 0 Å². The van der Waals surface area contributed by atoms with Crippen LogP contribution in [0.15, 0.2) is 58.3 Å². The van der Waals surface area contributed by atoms with E-state index in [1.165, 1.54) is 21.1 Å². The summed E-state index contributed by atoms with van der Waals surface area (Å²) in [6.45, 7) is 0. The van der Waals surface area contributed by atoms with Crippen LogP contribution in [0.5, 0.6) is 0 Å². The van der Waals surface area contributed by atoms with Gasteiger partial charge < -0.3 is 5.32 Å². The quantitative estimate of drug-likeness (QED) is 0.436.